The van der Waals surface area contributed by atoms with E-state index in [1.54, 1.807) is 0 Å². The van der Waals surface area contributed by atoms with E-state index in [1.165, 1.54) is 11.1 Å². The summed E-state index contributed by atoms with van der Waals surface area (Å²) in [5.74, 6) is 0.106. The Balaban J connectivity index is 1.60. The molecule has 1 amide bonds. The highest BCUT2D eigenvalue weighted by Crippen LogP contribution is 2.24. The Bertz CT molecular complexity index is 1090. The molecule has 0 aliphatic carbocycles. The summed E-state index contributed by atoms with van der Waals surface area (Å²) in [7, 11) is 0. The van der Waals surface area contributed by atoms with Crippen LogP contribution in [0.5, 0.6) is 5.75 Å². The van der Waals surface area contributed by atoms with Crippen molar-refractivity contribution in [1.82, 2.24) is 10.2 Å². The van der Waals surface area contributed by atoms with E-state index in [9.17, 15) is 9.90 Å². The van der Waals surface area contributed by atoms with Crippen LogP contribution in [0.2, 0.25) is 0 Å². The molecule has 0 saturated carbocycles. The fourth-order valence-corrected chi connectivity index (χ4v) is 4.03. The van der Waals surface area contributed by atoms with Crippen LogP contribution in [0.1, 0.15) is 59.3 Å². The first-order chi connectivity index (χ1) is 16.4. The van der Waals surface area contributed by atoms with Gasteiger partial charge < -0.3 is 15.7 Å². The molecule has 0 aliphatic heterocycles. The van der Waals surface area contributed by atoms with Crippen LogP contribution in [0.25, 0.3) is 0 Å². The molecule has 3 aromatic carbocycles. The number of phenols is 1. The molecule has 0 aliphatic rings. The molecule has 3 rings (SSSR count). The lowest BCUT2D eigenvalue weighted by molar-refractivity contribution is 0.0950. The average molecular weight is 460 g/mol. The number of benzene rings is 3. The highest BCUT2D eigenvalue weighted by atomic mass is 16.3. The average Bonchev–Trinajstić information content (AvgIpc) is 2.82. The van der Waals surface area contributed by atoms with Crippen molar-refractivity contribution < 1.29 is 9.90 Å². The van der Waals surface area contributed by atoms with Crippen LogP contribution < -0.4 is 10.6 Å². The quantitative estimate of drug-likeness (QED) is 0.315. The molecule has 180 valence electrons. The zero-order valence-electron chi connectivity index (χ0n) is 20.8. The first-order valence-corrected chi connectivity index (χ1v) is 12.2. The molecular formula is C29H37N3O2. The summed E-state index contributed by atoms with van der Waals surface area (Å²) in [6.45, 7) is 11.5. The van der Waals surface area contributed by atoms with E-state index in [2.05, 4.69) is 55.4 Å². The normalized spacial score (nSPS) is 11.0. The van der Waals surface area contributed by atoms with Crippen molar-refractivity contribution in [3.8, 4) is 5.75 Å². The first-order valence-electron chi connectivity index (χ1n) is 12.2. The van der Waals surface area contributed by atoms with Gasteiger partial charge in [-0.15, -0.1) is 0 Å². The Labute approximate surface area is 203 Å². The van der Waals surface area contributed by atoms with Gasteiger partial charge in [-0.3, -0.25) is 9.69 Å². The van der Waals surface area contributed by atoms with Gasteiger partial charge in [-0.25, -0.2) is 0 Å². The van der Waals surface area contributed by atoms with Gasteiger partial charge in [-0.05, 0) is 87.3 Å². The molecule has 0 fully saturated rings. The lowest BCUT2D eigenvalue weighted by Gasteiger charge is -2.22. The van der Waals surface area contributed by atoms with Crippen LogP contribution in [0, 0.1) is 13.8 Å². The molecule has 0 unspecified atom stereocenters. The third-order valence-corrected chi connectivity index (χ3v) is 6.06. The van der Waals surface area contributed by atoms with E-state index in [-0.39, 0.29) is 18.2 Å². The van der Waals surface area contributed by atoms with E-state index < -0.39 is 0 Å². The fraction of sp³-hybridized carbons (Fsp3) is 0.345. The molecule has 0 radical (unpaired) electrons. The maximum absolute atomic E-state index is 12.7. The predicted molar refractivity (Wildman–Crippen MR) is 141 cm³/mol. The summed E-state index contributed by atoms with van der Waals surface area (Å²) in [6.07, 6.45) is 2.16. The van der Waals surface area contributed by atoms with E-state index in [4.69, 9.17) is 0 Å². The number of nitrogens with zero attached hydrogens (tertiary/aromatic N) is 1. The number of hydrogen-bond acceptors (Lipinski definition) is 4. The van der Waals surface area contributed by atoms with Gasteiger partial charge in [0.1, 0.15) is 5.75 Å². The number of para-hydroxylation sites is 1. The SMILES string of the molecule is CCCN(CCC)Cc1cccc(CNC(=O)c2ccc(Nc3ccc(C)c(C)c3)cc2)c1O. The zero-order valence-corrected chi connectivity index (χ0v) is 20.8. The standard InChI is InChI=1S/C29H37N3O2/c1-5-16-32(17-6-2)20-25-9-7-8-24(28(25)33)19-30-29(34)23-11-14-26(15-12-23)31-27-13-10-21(3)22(4)18-27/h7-15,18,31,33H,5-6,16-17,19-20H2,1-4H3,(H,30,34). The van der Waals surface area contributed by atoms with Crippen molar-refractivity contribution in [1.29, 1.82) is 0 Å². The molecule has 0 bridgehead atoms. The number of amides is 1. The summed E-state index contributed by atoms with van der Waals surface area (Å²) in [5, 5.41) is 17.1. The van der Waals surface area contributed by atoms with Crippen LogP contribution >= 0.6 is 0 Å². The van der Waals surface area contributed by atoms with E-state index in [0.29, 0.717) is 12.1 Å². The van der Waals surface area contributed by atoms with Crippen LogP contribution in [0.15, 0.2) is 60.7 Å². The van der Waals surface area contributed by atoms with Gasteiger partial charge >= 0.3 is 0 Å². The number of anilines is 2. The van der Waals surface area contributed by atoms with Crippen molar-refractivity contribution in [2.75, 3.05) is 18.4 Å². The van der Waals surface area contributed by atoms with Gasteiger partial charge in [0.05, 0.1) is 0 Å². The lowest BCUT2D eigenvalue weighted by Crippen LogP contribution is -2.25. The lowest BCUT2D eigenvalue weighted by atomic mass is 10.1. The third kappa shape index (κ3) is 6.84. The second-order valence-electron chi connectivity index (χ2n) is 8.89. The van der Waals surface area contributed by atoms with Gasteiger partial charge in [-0.1, -0.05) is 38.1 Å². The number of nitrogens with one attached hydrogen (secondary N) is 2. The molecular weight excluding hydrogens is 422 g/mol. The molecule has 3 aromatic rings. The van der Waals surface area contributed by atoms with Crippen molar-refractivity contribution in [3.63, 3.8) is 0 Å². The number of carbonyl (C=O) groups is 1. The van der Waals surface area contributed by atoms with Crippen LogP contribution in [0.4, 0.5) is 11.4 Å². The smallest absolute Gasteiger partial charge is 0.251 e. The summed E-state index contributed by atoms with van der Waals surface area (Å²) < 4.78 is 0. The van der Waals surface area contributed by atoms with Crippen LogP contribution in [-0.4, -0.2) is 29.0 Å². The van der Waals surface area contributed by atoms with Crippen molar-refractivity contribution in [3.05, 3.63) is 88.5 Å². The number of carbonyl (C=O) groups excluding carboxylic acids is 1. The van der Waals surface area contributed by atoms with Gasteiger partial charge in [0.15, 0.2) is 0 Å². The molecule has 3 N–H and O–H groups in total. The van der Waals surface area contributed by atoms with Gasteiger partial charge in [0.25, 0.3) is 5.91 Å². The zero-order chi connectivity index (χ0) is 24.5. The molecule has 0 atom stereocenters. The third-order valence-electron chi connectivity index (χ3n) is 6.06. The van der Waals surface area contributed by atoms with Gasteiger partial charge in [-0.2, -0.15) is 0 Å². The summed E-state index contributed by atoms with van der Waals surface area (Å²) in [6, 6.07) is 19.4. The second kappa shape index (κ2) is 12.2. The van der Waals surface area contributed by atoms with Crippen LogP contribution in [-0.2, 0) is 13.1 Å². The topological polar surface area (TPSA) is 64.6 Å². The minimum absolute atomic E-state index is 0.166. The van der Waals surface area contributed by atoms with Crippen molar-refractivity contribution in [2.24, 2.45) is 0 Å². The maximum Gasteiger partial charge on any atom is 0.251 e. The second-order valence-corrected chi connectivity index (χ2v) is 8.89. The molecule has 0 saturated heterocycles. The monoisotopic (exact) mass is 459 g/mol. The van der Waals surface area contributed by atoms with E-state index in [0.717, 1.165) is 48.4 Å². The minimum atomic E-state index is -0.166. The Morgan fingerprint density at radius 2 is 1.50 bits per heavy atom. The number of rotatable bonds is 11. The number of aromatic hydroxyl groups is 1. The van der Waals surface area contributed by atoms with Gasteiger partial charge in [0.2, 0.25) is 0 Å². The Hall–Kier alpha value is -3.31. The maximum atomic E-state index is 12.7. The summed E-state index contributed by atoms with van der Waals surface area (Å²) >= 11 is 0. The Kier molecular flexibility index (Phi) is 9.11. The molecule has 5 heteroatoms. The van der Waals surface area contributed by atoms with Crippen molar-refractivity contribution >= 4 is 17.3 Å². The van der Waals surface area contributed by atoms with E-state index >= 15 is 0 Å². The molecule has 0 spiro atoms. The highest BCUT2D eigenvalue weighted by Gasteiger charge is 2.12. The number of phenolic OH excluding ortho intramolecular Hbond substituents is 1. The number of aryl methyl sites for hydroxylation is 2. The van der Waals surface area contributed by atoms with Crippen LogP contribution in [0.3, 0.4) is 0 Å². The highest BCUT2D eigenvalue weighted by molar-refractivity contribution is 5.94. The fourth-order valence-electron chi connectivity index (χ4n) is 4.03. The predicted octanol–water partition coefficient (Wildman–Crippen LogP) is 6.30. The summed E-state index contributed by atoms with van der Waals surface area (Å²) in [4.78, 5) is 15.0. The largest absolute Gasteiger partial charge is 0.507 e. The van der Waals surface area contributed by atoms with Crippen molar-refractivity contribution in [2.45, 2.75) is 53.6 Å². The Morgan fingerprint density at radius 1 is 0.853 bits per heavy atom. The molecule has 5 nitrogen and oxygen atoms in total. The molecule has 0 aromatic heterocycles. The molecule has 34 heavy (non-hydrogen) atoms. The minimum Gasteiger partial charge on any atom is -0.507 e. The Morgan fingerprint density at radius 3 is 2.15 bits per heavy atom. The van der Waals surface area contributed by atoms with Gasteiger partial charge in [0, 0.05) is 41.2 Å². The number of hydrogen-bond donors (Lipinski definition) is 3. The van der Waals surface area contributed by atoms with E-state index in [1.807, 2.05) is 48.5 Å². The molecule has 0 heterocycles. The summed E-state index contributed by atoms with van der Waals surface area (Å²) in [5.41, 5.74) is 6.65. The first kappa shape index (κ1) is 25.3.